The Morgan fingerprint density at radius 2 is 2.40 bits per heavy atom. The van der Waals surface area contributed by atoms with Gasteiger partial charge in [0.2, 0.25) is 0 Å². The van der Waals surface area contributed by atoms with E-state index in [-0.39, 0.29) is 6.10 Å². The van der Waals surface area contributed by atoms with Gasteiger partial charge in [-0.1, -0.05) is 12.1 Å². The second kappa shape index (κ2) is 5.11. The zero-order valence-corrected chi connectivity index (χ0v) is 8.52. The summed E-state index contributed by atoms with van der Waals surface area (Å²) in [5, 5.41) is 0. The summed E-state index contributed by atoms with van der Waals surface area (Å²) in [5.74, 6) is 5.86. The van der Waals surface area contributed by atoms with Crippen LogP contribution in [0.15, 0.2) is 24.3 Å². The van der Waals surface area contributed by atoms with Gasteiger partial charge >= 0.3 is 0 Å². The van der Waals surface area contributed by atoms with E-state index in [1.165, 1.54) is 0 Å². The topological polar surface area (TPSA) is 53.7 Å². The maximum Gasteiger partial charge on any atom is 0.124 e. The summed E-state index contributed by atoms with van der Waals surface area (Å²) in [5.41, 5.74) is 1.01. The molecule has 0 saturated carbocycles. The zero-order valence-electron chi connectivity index (χ0n) is 8.52. The summed E-state index contributed by atoms with van der Waals surface area (Å²) in [4.78, 5) is 4.57. The molecule has 4 nitrogen and oxygen atoms in total. The van der Waals surface area contributed by atoms with E-state index in [0.717, 1.165) is 24.3 Å². The molecule has 1 saturated heterocycles. The van der Waals surface area contributed by atoms with Gasteiger partial charge in [0.1, 0.15) is 11.9 Å². The molecular weight excluding hydrogens is 194 g/mol. The molecule has 1 atom stereocenters. The van der Waals surface area contributed by atoms with Crippen LogP contribution in [0.25, 0.3) is 0 Å². The predicted molar refractivity (Wildman–Crippen MR) is 55.3 cm³/mol. The molecule has 1 aromatic carbocycles. The average Bonchev–Trinajstić information content (AvgIpc) is 2.71. The number of ether oxygens (including phenoxy) is 2. The summed E-state index contributed by atoms with van der Waals surface area (Å²) >= 11 is 0. The third kappa shape index (κ3) is 2.92. The number of benzene rings is 1. The molecule has 1 heterocycles. The molecule has 0 bridgehead atoms. The van der Waals surface area contributed by atoms with Crippen LogP contribution in [-0.2, 0) is 16.2 Å². The van der Waals surface area contributed by atoms with Crippen molar-refractivity contribution in [2.75, 3.05) is 13.2 Å². The van der Waals surface area contributed by atoms with Crippen LogP contribution in [0.5, 0.6) is 5.75 Å². The van der Waals surface area contributed by atoms with Gasteiger partial charge in [-0.3, -0.25) is 4.84 Å². The summed E-state index contributed by atoms with van der Waals surface area (Å²) in [6, 6.07) is 7.74. The number of hydrogen-bond donors (Lipinski definition) is 1. The molecular formula is C11H15NO3. The minimum absolute atomic E-state index is 0.180. The van der Waals surface area contributed by atoms with Crippen molar-refractivity contribution < 1.29 is 14.3 Å². The minimum atomic E-state index is 0.180. The van der Waals surface area contributed by atoms with Crippen molar-refractivity contribution in [2.45, 2.75) is 19.1 Å². The van der Waals surface area contributed by atoms with E-state index >= 15 is 0 Å². The van der Waals surface area contributed by atoms with Gasteiger partial charge in [-0.25, -0.2) is 5.90 Å². The largest absolute Gasteiger partial charge is 0.488 e. The van der Waals surface area contributed by atoms with Crippen molar-refractivity contribution in [3.63, 3.8) is 0 Å². The highest BCUT2D eigenvalue weighted by atomic mass is 16.6. The van der Waals surface area contributed by atoms with E-state index in [9.17, 15) is 0 Å². The van der Waals surface area contributed by atoms with E-state index in [4.69, 9.17) is 15.4 Å². The Hall–Kier alpha value is -1.10. The van der Waals surface area contributed by atoms with E-state index in [0.29, 0.717) is 13.2 Å². The van der Waals surface area contributed by atoms with Gasteiger partial charge in [0, 0.05) is 6.42 Å². The molecule has 2 N–H and O–H groups in total. The Kier molecular flexibility index (Phi) is 3.55. The molecule has 0 aromatic heterocycles. The summed E-state index contributed by atoms with van der Waals surface area (Å²) in [6.07, 6.45) is 1.14. The molecule has 2 rings (SSSR count). The second-order valence-electron chi connectivity index (χ2n) is 3.56. The molecule has 0 aliphatic carbocycles. The molecule has 1 aliphatic heterocycles. The van der Waals surface area contributed by atoms with Crippen LogP contribution >= 0.6 is 0 Å². The van der Waals surface area contributed by atoms with Crippen molar-refractivity contribution in [2.24, 2.45) is 5.90 Å². The van der Waals surface area contributed by atoms with Crippen LogP contribution in [0.1, 0.15) is 12.0 Å². The van der Waals surface area contributed by atoms with Crippen LogP contribution in [-0.4, -0.2) is 19.3 Å². The van der Waals surface area contributed by atoms with Crippen molar-refractivity contribution in [3.8, 4) is 5.75 Å². The molecule has 0 radical (unpaired) electrons. The molecule has 82 valence electrons. The van der Waals surface area contributed by atoms with Gasteiger partial charge in [0.05, 0.1) is 19.8 Å². The van der Waals surface area contributed by atoms with E-state index in [1.54, 1.807) is 0 Å². The summed E-state index contributed by atoms with van der Waals surface area (Å²) < 4.78 is 11.0. The number of nitrogens with two attached hydrogens (primary N) is 1. The lowest BCUT2D eigenvalue weighted by atomic mass is 10.2. The molecule has 0 spiro atoms. The lowest BCUT2D eigenvalue weighted by Gasteiger charge is -2.12. The maximum absolute atomic E-state index is 5.74. The Morgan fingerprint density at radius 1 is 1.47 bits per heavy atom. The number of rotatable bonds is 4. The van der Waals surface area contributed by atoms with Crippen molar-refractivity contribution in [1.82, 2.24) is 0 Å². The van der Waals surface area contributed by atoms with Gasteiger partial charge in [0.25, 0.3) is 0 Å². The van der Waals surface area contributed by atoms with Crippen LogP contribution in [0.2, 0.25) is 0 Å². The predicted octanol–water partition coefficient (Wildman–Crippen LogP) is 1.24. The number of hydrogen-bond acceptors (Lipinski definition) is 4. The van der Waals surface area contributed by atoms with Gasteiger partial charge in [-0.05, 0) is 17.7 Å². The molecule has 1 fully saturated rings. The van der Waals surface area contributed by atoms with Crippen molar-refractivity contribution in [1.29, 1.82) is 0 Å². The first-order valence-electron chi connectivity index (χ1n) is 5.03. The molecule has 0 amide bonds. The Labute approximate surface area is 88.9 Å². The van der Waals surface area contributed by atoms with E-state index in [1.807, 2.05) is 24.3 Å². The highest BCUT2D eigenvalue weighted by molar-refractivity contribution is 5.28. The van der Waals surface area contributed by atoms with Crippen LogP contribution in [0.3, 0.4) is 0 Å². The quantitative estimate of drug-likeness (QED) is 0.758. The first-order chi connectivity index (χ1) is 7.38. The van der Waals surface area contributed by atoms with Crippen LogP contribution < -0.4 is 10.6 Å². The smallest absolute Gasteiger partial charge is 0.124 e. The van der Waals surface area contributed by atoms with Crippen LogP contribution in [0.4, 0.5) is 0 Å². The van der Waals surface area contributed by atoms with E-state index < -0.39 is 0 Å². The van der Waals surface area contributed by atoms with E-state index in [2.05, 4.69) is 4.84 Å². The van der Waals surface area contributed by atoms with Gasteiger partial charge < -0.3 is 9.47 Å². The summed E-state index contributed by atoms with van der Waals surface area (Å²) in [7, 11) is 0. The Balaban J connectivity index is 1.97. The minimum Gasteiger partial charge on any atom is -0.488 e. The second-order valence-corrected chi connectivity index (χ2v) is 3.56. The normalized spacial score (nSPS) is 20.5. The fraction of sp³-hybridized carbons (Fsp3) is 0.455. The molecule has 1 aliphatic rings. The first kappa shape index (κ1) is 10.4. The molecule has 1 aromatic rings. The SMILES string of the molecule is NOCc1cccc(OC2CCOC2)c1. The standard InChI is InChI=1S/C11H15NO3/c12-14-7-9-2-1-3-10(6-9)15-11-4-5-13-8-11/h1-3,6,11H,4-5,7-8,12H2. The third-order valence-electron chi connectivity index (χ3n) is 2.34. The molecule has 15 heavy (non-hydrogen) atoms. The average molecular weight is 209 g/mol. The molecule has 4 heteroatoms. The highest BCUT2D eigenvalue weighted by Crippen LogP contribution is 2.18. The molecule has 1 unspecified atom stereocenters. The fourth-order valence-electron chi connectivity index (χ4n) is 1.60. The Bertz CT molecular complexity index is 310. The van der Waals surface area contributed by atoms with Crippen molar-refractivity contribution >= 4 is 0 Å². The lowest BCUT2D eigenvalue weighted by molar-refractivity contribution is 0.123. The highest BCUT2D eigenvalue weighted by Gasteiger charge is 2.16. The first-order valence-corrected chi connectivity index (χ1v) is 5.03. The maximum atomic E-state index is 5.74. The van der Waals surface area contributed by atoms with Crippen molar-refractivity contribution in [3.05, 3.63) is 29.8 Å². The summed E-state index contributed by atoms with van der Waals surface area (Å²) in [6.45, 7) is 1.87. The van der Waals surface area contributed by atoms with Crippen LogP contribution in [0, 0.1) is 0 Å². The van der Waals surface area contributed by atoms with Gasteiger partial charge in [0.15, 0.2) is 0 Å². The fourth-order valence-corrected chi connectivity index (χ4v) is 1.60. The Morgan fingerprint density at radius 3 is 3.13 bits per heavy atom. The third-order valence-corrected chi connectivity index (χ3v) is 2.34. The van der Waals surface area contributed by atoms with Gasteiger partial charge in [-0.2, -0.15) is 0 Å². The zero-order chi connectivity index (χ0) is 10.5. The monoisotopic (exact) mass is 209 g/mol. The lowest BCUT2D eigenvalue weighted by Crippen LogP contribution is -2.15. The van der Waals surface area contributed by atoms with Gasteiger partial charge in [-0.15, -0.1) is 0 Å².